The average molecular weight is 280 g/mol. The summed E-state index contributed by atoms with van der Waals surface area (Å²) in [4.78, 5) is 20.4. The lowest BCUT2D eigenvalue weighted by atomic mass is 10.3. The van der Waals surface area contributed by atoms with E-state index in [1.54, 1.807) is 7.11 Å². The van der Waals surface area contributed by atoms with Crippen LogP contribution in [0.25, 0.3) is 0 Å². The Hall–Kier alpha value is -1.40. The lowest BCUT2D eigenvalue weighted by molar-refractivity contribution is -0.136. The van der Waals surface area contributed by atoms with Gasteiger partial charge in [-0.25, -0.2) is 4.98 Å². The Morgan fingerprint density at radius 2 is 2.25 bits per heavy atom. The molecule has 0 bridgehead atoms. The van der Waals surface area contributed by atoms with E-state index in [0.717, 1.165) is 25.5 Å². The van der Waals surface area contributed by atoms with Crippen LogP contribution in [0.2, 0.25) is 0 Å². The number of imidazole rings is 1. The zero-order valence-corrected chi connectivity index (χ0v) is 12.8. The van der Waals surface area contributed by atoms with Gasteiger partial charge in [0.25, 0.3) is 0 Å². The van der Waals surface area contributed by atoms with Crippen LogP contribution in [-0.4, -0.2) is 58.6 Å². The number of carbonyl (C=O) groups excluding carboxylic acids is 1. The van der Waals surface area contributed by atoms with Gasteiger partial charge in [0.05, 0.1) is 12.2 Å². The summed E-state index contributed by atoms with van der Waals surface area (Å²) in [5.74, 6) is 0.996. The van der Waals surface area contributed by atoms with Crippen molar-refractivity contribution in [2.75, 3.05) is 27.3 Å². The summed E-state index contributed by atoms with van der Waals surface area (Å²) < 4.78 is 7.14. The van der Waals surface area contributed by atoms with E-state index in [0.29, 0.717) is 12.6 Å². The SMILES string of the molecule is COCC(=O)N1CCn2c(CN(C)C(C)C)cnc2C1. The van der Waals surface area contributed by atoms with E-state index in [1.165, 1.54) is 5.69 Å². The minimum Gasteiger partial charge on any atom is -0.375 e. The maximum absolute atomic E-state index is 11.8. The molecule has 0 radical (unpaired) electrons. The second kappa shape index (κ2) is 6.37. The summed E-state index contributed by atoms with van der Waals surface area (Å²) in [6.07, 6.45) is 1.93. The third-order valence-electron chi connectivity index (χ3n) is 3.86. The van der Waals surface area contributed by atoms with Crippen molar-refractivity contribution < 1.29 is 9.53 Å². The van der Waals surface area contributed by atoms with Crippen LogP contribution in [0.5, 0.6) is 0 Å². The van der Waals surface area contributed by atoms with Crippen molar-refractivity contribution in [1.29, 1.82) is 0 Å². The third-order valence-corrected chi connectivity index (χ3v) is 3.86. The highest BCUT2D eigenvalue weighted by atomic mass is 16.5. The van der Waals surface area contributed by atoms with Crippen molar-refractivity contribution in [3.05, 3.63) is 17.7 Å². The van der Waals surface area contributed by atoms with Gasteiger partial charge in [-0.15, -0.1) is 0 Å². The number of carbonyl (C=O) groups is 1. The van der Waals surface area contributed by atoms with E-state index in [2.05, 4.69) is 35.3 Å². The van der Waals surface area contributed by atoms with Gasteiger partial charge in [0.15, 0.2) is 0 Å². The lowest BCUT2D eigenvalue weighted by Gasteiger charge is -2.29. The molecule has 0 spiro atoms. The molecule has 0 N–H and O–H groups in total. The fourth-order valence-corrected chi connectivity index (χ4v) is 2.32. The van der Waals surface area contributed by atoms with Gasteiger partial charge in [-0.05, 0) is 20.9 Å². The first kappa shape index (κ1) is 15.0. The molecule has 1 amide bonds. The topological polar surface area (TPSA) is 50.6 Å². The van der Waals surface area contributed by atoms with Crippen LogP contribution in [0.4, 0.5) is 0 Å². The first-order valence-corrected chi connectivity index (χ1v) is 7.03. The lowest BCUT2D eigenvalue weighted by Crippen LogP contribution is -2.40. The van der Waals surface area contributed by atoms with E-state index in [4.69, 9.17) is 4.74 Å². The molecule has 1 aliphatic heterocycles. The number of aromatic nitrogens is 2. The predicted molar refractivity (Wildman–Crippen MR) is 76.1 cm³/mol. The Morgan fingerprint density at radius 1 is 1.50 bits per heavy atom. The third kappa shape index (κ3) is 3.19. The first-order chi connectivity index (χ1) is 9.52. The molecule has 0 aliphatic carbocycles. The molecule has 2 heterocycles. The Bertz CT molecular complexity index is 470. The Labute approximate surface area is 120 Å². The fraction of sp³-hybridized carbons (Fsp3) is 0.714. The van der Waals surface area contributed by atoms with Gasteiger partial charge < -0.3 is 14.2 Å². The number of nitrogens with zero attached hydrogens (tertiary/aromatic N) is 4. The summed E-state index contributed by atoms with van der Waals surface area (Å²) in [6, 6.07) is 0.504. The van der Waals surface area contributed by atoms with Crippen LogP contribution in [-0.2, 0) is 29.2 Å². The number of amides is 1. The molecule has 0 aromatic carbocycles. The van der Waals surface area contributed by atoms with Gasteiger partial charge in [-0.3, -0.25) is 9.69 Å². The summed E-state index contributed by atoms with van der Waals surface area (Å²) in [5.41, 5.74) is 1.22. The summed E-state index contributed by atoms with van der Waals surface area (Å²) in [5, 5.41) is 0. The van der Waals surface area contributed by atoms with E-state index in [9.17, 15) is 4.79 Å². The first-order valence-electron chi connectivity index (χ1n) is 7.03. The molecule has 0 saturated heterocycles. The van der Waals surface area contributed by atoms with Gasteiger partial charge >= 0.3 is 0 Å². The molecule has 0 saturated carbocycles. The van der Waals surface area contributed by atoms with Gasteiger partial charge in [-0.2, -0.15) is 0 Å². The van der Waals surface area contributed by atoms with Crippen molar-refractivity contribution in [3.63, 3.8) is 0 Å². The monoisotopic (exact) mass is 280 g/mol. The molecule has 112 valence electrons. The van der Waals surface area contributed by atoms with Crippen molar-refractivity contribution in [3.8, 4) is 0 Å². The molecular weight excluding hydrogens is 256 g/mol. The molecule has 1 aromatic rings. The van der Waals surface area contributed by atoms with Crippen molar-refractivity contribution >= 4 is 5.91 Å². The molecule has 0 atom stereocenters. The van der Waals surface area contributed by atoms with E-state index >= 15 is 0 Å². The maximum Gasteiger partial charge on any atom is 0.249 e. The van der Waals surface area contributed by atoms with Crippen LogP contribution in [0.15, 0.2) is 6.20 Å². The summed E-state index contributed by atoms with van der Waals surface area (Å²) >= 11 is 0. The van der Waals surface area contributed by atoms with Crippen molar-refractivity contribution in [1.82, 2.24) is 19.4 Å². The van der Waals surface area contributed by atoms with Crippen LogP contribution in [0.1, 0.15) is 25.4 Å². The van der Waals surface area contributed by atoms with Gasteiger partial charge in [0.1, 0.15) is 12.4 Å². The van der Waals surface area contributed by atoms with Crippen LogP contribution in [0, 0.1) is 0 Å². The van der Waals surface area contributed by atoms with Gasteiger partial charge in [-0.1, -0.05) is 0 Å². The highest BCUT2D eigenvalue weighted by Crippen LogP contribution is 2.16. The number of methoxy groups -OCH3 is 1. The Kier molecular flexibility index (Phi) is 4.77. The fourth-order valence-electron chi connectivity index (χ4n) is 2.32. The standard InChI is InChI=1S/C14H24N4O2/c1-11(2)16(3)8-12-7-15-13-9-17(5-6-18(12)13)14(19)10-20-4/h7,11H,5-6,8-10H2,1-4H3. The summed E-state index contributed by atoms with van der Waals surface area (Å²) in [7, 11) is 3.66. The van der Waals surface area contributed by atoms with Crippen molar-refractivity contribution in [2.45, 2.75) is 39.5 Å². The normalized spacial score (nSPS) is 15.0. The zero-order valence-electron chi connectivity index (χ0n) is 12.8. The largest absolute Gasteiger partial charge is 0.375 e. The minimum absolute atomic E-state index is 0.0302. The zero-order chi connectivity index (χ0) is 14.7. The van der Waals surface area contributed by atoms with Crippen LogP contribution in [0.3, 0.4) is 0 Å². The molecule has 0 fully saturated rings. The smallest absolute Gasteiger partial charge is 0.249 e. The summed E-state index contributed by atoms with van der Waals surface area (Å²) in [6.45, 7) is 7.50. The van der Waals surface area contributed by atoms with Gasteiger partial charge in [0, 0.05) is 39.0 Å². The quantitative estimate of drug-likeness (QED) is 0.797. The van der Waals surface area contributed by atoms with Crippen molar-refractivity contribution in [2.24, 2.45) is 0 Å². The second-order valence-corrected chi connectivity index (χ2v) is 5.57. The van der Waals surface area contributed by atoms with E-state index in [-0.39, 0.29) is 12.5 Å². The van der Waals surface area contributed by atoms with E-state index < -0.39 is 0 Å². The average Bonchev–Trinajstić information content (AvgIpc) is 2.81. The highest BCUT2D eigenvalue weighted by molar-refractivity contribution is 5.77. The van der Waals surface area contributed by atoms with Crippen LogP contribution >= 0.6 is 0 Å². The number of rotatable bonds is 5. The molecular formula is C14H24N4O2. The minimum atomic E-state index is 0.0302. The number of hydrogen-bond acceptors (Lipinski definition) is 4. The Morgan fingerprint density at radius 3 is 2.90 bits per heavy atom. The molecule has 0 unspecified atom stereocenters. The number of hydrogen-bond donors (Lipinski definition) is 0. The van der Waals surface area contributed by atoms with E-state index in [1.807, 2.05) is 11.1 Å². The van der Waals surface area contributed by atoms with Crippen LogP contribution < -0.4 is 0 Å². The highest BCUT2D eigenvalue weighted by Gasteiger charge is 2.23. The molecule has 1 aliphatic rings. The molecule has 6 nitrogen and oxygen atoms in total. The number of ether oxygens (including phenoxy) is 1. The molecule has 6 heteroatoms. The molecule has 1 aromatic heterocycles. The predicted octanol–water partition coefficient (Wildman–Crippen LogP) is 0.712. The maximum atomic E-state index is 11.8. The Balaban J connectivity index is 2.05. The molecule has 20 heavy (non-hydrogen) atoms. The van der Waals surface area contributed by atoms with Gasteiger partial charge in [0.2, 0.25) is 5.91 Å². The number of fused-ring (bicyclic) bond motifs is 1. The molecule has 2 rings (SSSR count). The second-order valence-electron chi connectivity index (χ2n) is 5.57.